The first kappa shape index (κ1) is 25.9. The summed E-state index contributed by atoms with van der Waals surface area (Å²) in [7, 11) is 1.89. The van der Waals surface area contributed by atoms with Gasteiger partial charge in [-0.05, 0) is 85.6 Å². The standard InChI is InChI=1S/C32H32N4O3/c1-23-8-6-7-11-30(23)31(37)35(2)27-20-21-36(22-27)26-16-12-24(13-17-26)33-32(38)34-25-14-18-29(19-15-25)39-28-9-4-3-5-10-28/h3-19,27H,20-22H2,1-2H3,(H2,33,34,38). The van der Waals surface area contributed by atoms with Crippen molar-refractivity contribution in [1.82, 2.24) is 4.90 Å². The first-order valence-corrected chi connectivity index (χ1v) is 13.0. The highest BCUT2D eigenvalue weighted by Crippen LogP contribution is 2.26. The Balaban J connectivity index is 1.12. The number of amides is 3. The third-order valence-electron chi connectivity index (χ3n) is 6.99. The molecule has 7 nitrogen and oxygen atoms in total. The molecule has 0 spiro atoms. The van der Waals surface area contributed by atoms with Gasteiger partial charge in [0.25, 0.3) is 5.91 Å². The van der Waals surface area contributed by atoms with Gasteiger partial charge in [-0.3, -0.25) is 4.79 Å². The minimum atomic E-state index is -0.322. The second kappa shape index (κ2) is 11.7. The monoisotopic (exact) mass is 520 g/mol. The largest absolute Gasteiger partial charge is 0.457 e. The van der Waals surface area contributed by atoms with E-state index in [4.69, 9.17) is 4.74 Å². The number of hydrogen-bond acceptors (Lipinski definition) is 4. The van der Waals surface area contributed by atoms with Crippen LogP contribution in [0.5, 0.6) is 11.5 Å². The summed E-state index contributed by atoms with van der Waals surface area (Å²) in [5, 5.41) is 5.72. The Bertz CT molecular complexity index is 1420. The molecule has 0 radical (unpaired) electrons. The molecule has 1 aliphatic heterocycles. The molecule has 7 heteroatoms. The Morgan fingerprint density at radius 2 is 1.38 bits per heavy atom. The van der Waals surface area contributed by atoms with Crippen LogP contribution in [-0.2, 0) is 0 Å². The first-order valence-electron chi connectivity index (χ1n) is 13.0. The number of likely N-dealkylation sites (N-methyl/N-ethyl adjacent to an activating group) is 1. The van der Waals surface area contributed by atoms with E-state index in [1.807, 2.05) is 110 Å². The minimum absolute atomic E-state index is 0.0591. The maximum absolute atomic E-state index is 13.0. The lowest BCUT2D eigenvalue weighted by Gasteiger charge is -2.26. The molecular formula is C32H32N4O3. The molecule has 198 valence electrons. The molecule has 2 N–H and O–H groups in total. The SMILES string of the molecule is Cc1ccccc1C(=O)N(C)C1CCN(c2ccc(NC(=O)Nc3ccc(Oc4ccccc4)cc3)cc2)C1. The number of aryl methyl sites for hydroxylation is 1. The van der Waals surface area contributed by atoms with Crippen LogP contribution in [0.15, 0.2) is 103 Å². The molecule has 0 aliphatic carbocycles. The fraction of sp³-hybridized carbons (Fsp3) is 0.188. The number of nitrogens with zero attached hydrogens (tertiary/aromatic N) is 2. The average Bonchev–Trinajstić information content (AvgIpc) is 3.45. The lowest BCUT2D eigenvalue weighted by atomic mass is 10.1. The van der Waals surface area contributed by atoms with Gasteiger partial charge in [-0.2, -0.15) is 0 Å². The quantitative estimate of drug-likeness (QED) is 0.282. The molecular weight excluding hydrogens is 488 g/mol. The van der Waals surface area contributed by atoms with E-state index in [9.17, 15) is 9.59 Å². The number of rotatable bonds is 7. The van der Waals surface area contributed by atoms with Crippen molar-refractivity contribution >= 4 is 29.0 Å². The van der Waals surface area contributed by atoms with E-state index >= 15 is 0 Å². The molecule has 3 amide bonds. The summed E-state index contributed by atoms with van der Waals surface area (Å²) >= 11 is 0. The van der Waals surface area contributed by atoms with E-state index in [2.05, 4.69) is 15.5 Å². The maximum atomic E-state index is 13.0. The van der Waals surface area contributed by atoms with Crippen LogP contribution < -0.4 is 20.3 Å². The summed E-state index contributed by atoms with van der Waals surface area (Å²) in [6, 6.07) is 32.1. The fourth-order valence-corrected chi connectivity index (χ4v) is 4.74. The van der Waals surface area contributed by atoms with Crippen LogP contribution in [0.1, 0.15) is 22.3 Å². The maximum Gasteiger partial charge on any atom is 0.323 e. The lowest BCUT2D eigenvalue weighted by molar-refractivity contribution is 0.0744. The molecule has 1 fully saturated rings. The summed E-state index contributed by atoms with van der Waals surface area (Å²) in [5.41, 5.74) is 4.17. The number of anilines is 3. The number of carbonyl (C=O) groups excluding carboxylic acids is 2. The van der Waals surface area contributed by atoms with Gasteiger partial charge < -0.3 is 25.2 Å². The molecule has 1 heterocycles. The second-order valence-electron chi connectivity index (χ2n) is 9.68. The van der Waals surface area contributed by atoms with Crippen molar-refractivity contribution < 1.29 is 14.3 Å². The van der Waals surface area contributed by atoms with E-state index in [-0.39, 0.29) is 18.0 Å². The highest BCUT2D eigenvalue weighted by atomic mass is 16.5. The number of para-hydroxylation sites is 1. The summed E-state index contributed by atoms with van der Waals surface area (Å²) in [4.78, 5) is 29.7. The van der Waals surface area contributed by atoms with Crippen LogP contribution in [0, 0.1) is 6.92 Å². The Kier molecular flexibility index (Phi) is 7.78. The van der Waals surface area contributed by atoms with Crippen LogP contribution >= 0.6 is 0 Å². The zero-order valence-electron chi connectivity index (χ0n) is 22.1. The van der Waals surface area contributed by atoms with Gasteiger partial charge >= 0.3 is 6.03 Å². The number of benzene rings is 4. The lowest BCUT2D eigenvalue weighted by Crippen LogP contribution is -2.39. The second-order valence-corrected chi connectivity index (χ2v) is 9.68. The minimum Gasteiger partial charge on any atom is -0.457 e. The van der Waals surface area contributed by atoms with Crippen LogP contribution in [0.25, 0.3) is 0 Å². The van der Waals surface area contributed by atoms with Gasteiger partial charge in [0, 0.05) is 42.8 Å². The molecule has 39 heavy (non-hydrogen) atoms. The van der Waals surface area contributed by atoms with E-state index in [0.717, 1.165) is 42.1 Å². The van der Waals surface area contributed by atoms with E-state index < -0.39 is 0 Å². The van der Waals surface area contributed by atoms with Gasteiger partial charge in [-0.15, -0.1) is 0 Å². The van der Waals surface area contributed by atoms with Crippen LogP contribution in [-0.4, -0.2) is 43.0 Å². The van der Waals surface area contributed by atoms with Gasteiger partial charge in [0.05, 0.1) is 6.04 Å². The van der Waals surface area contributed by atoms with Gasteiger partial charge in [0.15, 0.2) is 0 Å². The van der Waals surface area contributed by atoms with Gasteiger partial charge in [0.2, 0.25) is 0 Å². The van der Waals surface area contributed by atoms with Crippen molar-refractivity contribution in [2.24, 2.45) is 0 Å². The van der Waals surface area contributed by atoms with Gasteiger partial charge in [-0.1, -0.05) is 36.4 Å². The summed E-state index contributed by atoms with van der Waals surface area (Å²) in [6.07, 6.45) is 0.908. The van der Waals surface area contributed by atoms with Crippen molar-refractivity contribution in [2.45, 2.75) is 19.4 Å². The van der Waals surface area contributed by atoms with Crippen LogP contribution in [0.4, 0.5) is 21.9 Å². The summed E-state index contributed by atoms with van der Waals surface area (Å²) in [6.45, 7) is 3.61. The molecule has 0 saturated carbocycles. The number of nitrogens with one attached hydrogen (secondary N) is 2. The zero-order chi connectivity index (χ0) is 27.2. The highest BCUT2D eigenvalue weighted by molar-refractivity contribution is 6.00. The number of hydrogen-bond donors (Lipinski definition) is 2. The molecule has 0 bridgehead atoms. The van der Waals surface area contributed by atoms with Gasteiger partial charge in [0.1, 0.15) is 11.5 Å². The smallest absolute Gasteiger partial charge is 0.323 e. The average molecular weight is 521 g/mol. The third kappa shape index (κ3) is 6.38. The molecule has 1 atom stereocenters. The normalized spacial score (nSPS) is 14.5. The van der Waals surface area contributed by atoms with Crippen molar-refractivity contribution in [3.8, 4) is 11.5 Å². The number of urea groups is 1. The molecule has 4 aromatic rings. The van der Waals surface area contributed by atoms with E-state index in [1.165, 1.54) is 0 Å². The molecule has 5 rings (SSSR count). The predicted molar refractivity (Wildman–Crippen MR) is 156 cm³/mol. The molecule has 1 unspecified atom stereocenters. The molecule has 0 aromatic heterocycles. The number of carbonyl (C=O) groups is 2. The van der Waals surface area contributed by atoms with Crippen molar-refractivity contribution in [2.75, 3.05) is 35.7 Å². The Hall–Kier alpha value is -4.78. The van der Waals surface area contributed by atoms with Crippen LogP contribution in [0.2, 0.25) is 0 Å². The van der Waals surface area contributed by atoms with Gasteiger partial charge in [-0.25, -0.2) is 4.79 Å². The Morgan fingerprint density at radius 1 is 0.795 bits per heavy atom. The Labute approximate surface area is 229 Å². The summed E-state index contributed by atoms with van der Waals surface area (Å²) in [5.74, 6) is 1.51. The fourth-order valence-electron chi connectivity index (χ4n) is 4.74. The predicted octanol–water partition coefficient (Wildman–Crippen LogP) is 6.78. The zero-order valence-corrected chi connectivity index (χ0v) is 22.1. The van der Waals surface area contributed by atoms with E-state index in [0.29, 0.717) is 17.1 Å². The molecule has 1 aliphatic rings. The van der Waals surface area contributed by atoms with Crippen molar-refractivity contribution in [1.29, 1.82) is 0 Å². The highest BCUT2D eigenvalue weighted by Gasteiger charge is 2.29. The van der Waals surface area contributed by atoms with Crippen molar-refractivity contribution in [3.63, 3.8) is 0 Å². The number of ether oxygens (including phenoxy) is 1. The Morgan fingerprint density at radius 3 is 2.05 bits per heavy atom. The third-order valence-corrected chi connectivity index (χ3v) is 6.99. The van der Waals surface area contributed by atoms with E-state index in [1.54, 1.807) is 12.1 Å². The first-order chi connectivity index (χ1) is 19.0. The van der Waals surface area contributed by atoms with Crippen molar-refractivity contribution in [3.05, 3.63) is 114 Å². The molecule has 1 saturated heterocycles. The summed E-state index contributed by atoms with van der Waals surface area (Å²) < 4.78 is 5.79. The van der Waals surface area contributed by atoms with Crippen LogP contribution in [0.3, 0.4) is 0 Å². The topological polar surface area (TPSA) is 73.9 Å². The molecule has 4 aromatic carbocycles.